The van der Waals surface area contributed by atoms with E-state index in [-0.39, 0.29) is 23.1 Å². The van der Waals surface area contributed by atoms with E-state index in [2.05, 4.69) is 10.6 Å². The minimum atomic E-state index is -0.251. The van der Waals surface area contributed by atoms with Crippen molar-refractivity contribution >= 4 is 29.3 Å². The van der Waals surface area contributed by atoms with Gasteiger partial charge in [0.1, 0.15) is 5.25 Å². The van der Waals surface area contributed by atoms with Gasteiger partial charge in [0.05, 0.1) is 0 Å². The predicted octanol–water partition coefficient (Wildman–Crippen LogP) is 2.93. The molecule has 4 N–H and O–H groups in total. The third-order valence-electron chi connectivity index (χ3n) is 4.36. The Hall–Kier alpha value is -2.31. The maximum Gasteiger partial charge on any atom is 0.237 e. The van der Waals surface area contributed by atoms with E-state index in [0.29, 0.717) is 6.54 Å². The van der Waals surface area contributed by atoms with Crippen molar-refractivity contribution in [3.05, 3.63) is 54.1 Å². The summed E-state index contributed by atoms with van der Waals surface area (Å²) in [5.74, 6) is 0.785. The second kappa shape index (κ2) is 8.38. The number of amides is 2. The van der Waals surface area contributed by atoms with Gasteiger partial charge in [0, 0.05) is 30.8 Å². The largest absolute Gasteiger partial charge is 0.351 e. The van der Waals surface area contributed by atoms with Crippen LogP contribution in [0.4, 0.5) is 5.69 Å². The Balaban J connectivity index is 1.92. The van der Waals surface area contributed by atoms with Gasteiger partial charge in [-0.25, -0.2) is 0 Å². The van der Waals surface area contributed by atoms with Gasteiger partial charge in [-0.05, 0) is 35.4 Å². The summed E-state index contributed by atoms with van der Waals surface area (Å²) in [6, 6.07) is 15.7. The Morgan fingerprint density at radius 3 is 2.85 bits per heavy atom. The van der Waals surface area contributed by atoms with Gasteiger partial charge in [-0.2, -0.15) is 0 Å². The third kappa shape index (κ3) is 4.26. The zero-order valence-electron chi connectivity index (χ0n) is 14.7. The van der Waals surface area contributed by atoms with E-state index >= 15 is 0 Å². The zero-order chi connectivity index (χ0) is 18.5. The van der Waals surface area contributed by atoms with E-state index in [9.17, 15) is 9.59 Å². The van der Waals surface area contributed by atoms with E-state index in [1.54, 1.807) is 11.8 Å². The molecule has 1 fully saturated rings. The summed E-state index contributed by atoms with van der Waals surface area (Å²) in [5.41, 5.74) is 9.34. The van der Waals surface area contributed by atoms with Crippen LogP contribution in [0.1, 0.15) is 24.2 Å². The molecule has 5 nitrogen and oxygen atoms in total. The SMILES string of the molecule is CC(=O)Nc1ccccc1-c1cccc([C@H]2SCC[C@@H](CN)NC2=O)c1. The average molecular weight is 369 g/mol. The van der Waals surface area contributed by atoms with Crippen molar-refractivity contribution in [2.45, 2.75) is 24.6 Å². The molecule has 1 aliphatic heterocycles. The molecule has 1 aliphatic rings. The summed E-state index contributed by atoms with van der Waals surface area (Å²) >= 11 is 1.65. The van der Waals surface area contributed by atoms with E-state index in [1.165, 1.54) is 6.92 Å². The first-order valence-electron chi connectivity index (χ1n) is 8.67. The number of para-hydroxylation sites is 1. The van der Waals surface area contributed by atoms with Gasteiger partial charge in [0.25, 0.3) is 0 Å². The number of nitrogens with two attached hydrogens (primary N) is 1. The summed E-state index contributed by atoms with van der Waals surface area (Å²) < 4.78 is 0. The van der Waals surface area contributed by atoms with Crippen molar-refractivity contribution in [2.75, 3.05) is 17.6 Å². The van der Waals surface area contributed by atoms with Gasteiger partial charge in [0.2, 0.25) is 11.8 Å². The first-order valence-corrected chi connectivity index (χ1v) is 9.72. The molecule has 2 atom stereocenters. The van der Waals surface area contributed by atoms with Crippen molar-refractivity contribution in [2.24, 2.45) is 5.73 Å². The average Bonchev–Trinajstić information content (AvgIpc) is 2.83. The van der Waals surface area contributed by atoms with Crippen LogP contribution in [-0.2, 0) is 9.59 Å². The van der Waals surface area contributed by atoms with Crippen LogP contribution in [-0.4, -0.2) is 30.2 Å². The molecule has 0 saturated carbocycles. The second-order valence-corrected chi connectivity index (χ2v) is 7.55. The highest BCUT2D eigenvalue weighted by atomic mass is 32.2. The Kier molecular flexibility index (Phi) is 5.96. The topological polar surface area (TPSA) is 84.2 Å². The van der Waals surface area contributed by atoms with Gasteiger partial charge in [-0.15, -0.1) is 11.8 Å². The smallest absolute Gasteiger partial charge is 0.237 e. The molecular weight excluding hydrogens is 346 g/mol. The van der Waals surface area contributed by atoms with Gasteiger partial charge in [-0.3, -0.25) is 9.59 Å². The molecule has 3 rings (SSSR count). The van der Waals surface area contributed by atoms with E-state index in [4.69, 9.17) is 5.73 Å². The summed E-state index contributed by atoms with van der Waals surface area (Å²) in [5, 5.41) is 5.65. The standard InChI is InChI=1S/C20H23N3O2S/c1-13(24)22-18-8-3-2-7-17(18)14-5-4-6-15(11-14)19-20(25)23-16(12-21)9-10-26-19/h2-8,11,16,19H,9-10,12,21H2,1H3,(H,22,24)(H,23,25)/t16-,19+/m0/s1. The lowest BCUT2D eigenvalue weighted by atomic mass is 9.99. The molecule has 1 heterocycles. The van der Waals surface area contributed by atoms with Crippen molar-refractivity contribution in [3.8, 4) is 11.1 Å². The highest BCUT2D eigenvalue weighted by Gasteiger charge is 2.27. The lowest BCUT2D eigenvalue weighted by molar-refractivity contribution is -0.121. The fourth-order valence-corrected chi connectivity index (χ4v) is 4.29. The molecule has 2 aromatic rings. The number of nitrogens with one attached hydrogen (secondary N) is 2. The van der Waals surface area contributed by atoms with Crippen LogP contribution in [0.25, 0.3) is 11.1 Å². The second-order valence-electron chi connectivity index (χ2n) is 6.33. The van der Waals surface area contributed by atoms with Crippen molar-refractivity contribution in [1.29, 1.82) is 0 Å². The monoisotopic (exact) mass is 369 g/mol. The normalized spacial score (nSPS) is 20.2. The van der Waals surface area contributed by atoms with Crippen LogP contribution in [0.2, 0.25) is 0 Å². The molecule has 0 spiro atoms. The highest BCUT2D eigenvalue weighted by molar-refractivity contribution is 8.00. The van der Waals surface area contributed by atoms with Crippen LogP contribution >= 0.6 is 11.8 Å². The zero-order valence-corrected chi connectivity index (χ0v) is 15.5. The molecule has 0 bridgehead atoms. The molecule has 0 unspecified atom stereocenters. The molecule has 2 amide bonds. The fraction of sp³-hybridized carbons (Fsp3) is 0.300. The molecule has 2 aromatic carbocycles. The molecular formula is C20H23N3O2S. The maximum absolute atomic E-state index is 12.6. The Morgan fingerprint density at radius 1 is 1.27 bits per heavy atom. The maximum atomic E-state index is 12.6. The number of rotatable bonds is 4. The Labute approximate surface area is 157 Å². The van der Waals surface area contributed by atoms with E-state index < -0.39 is 0 Å². The lowest BCUT2D eigenvalue weighted by Gasteiger charge is -2.17. The summed E-state index contributed by atoms with van der Waals surface area (Å²) in [6.45, 7) is 1.96. The van der Waals surface area contributed by atoms with Crippen LogP contribution < -0.4 is 16.4 Å². The highest BCUT2D eigenvalue weighted by Crippen LogP contribution is 2.35. The first-order chi connectivity index (χ1) is 12.6. The molecule has 26 heavy (non-hydrogen) atoms. The number of carbonyl (C=O) groups is 2. The molecule has 6 heteroatoms. The fourth-order valence-electron chi connectivity index (χ4n) is 3.08. The van der Waals surface area contributed by atoms with Crippen LogP contribution in [0.15, 0.2) is 48.5 Å². The van der Waals surface area contributed by atoms with Crippen LogP contribution in [0.5, 0.6) is 0 Å². The number of thioether (sulfide) groups is 1. The van der Waals surface area contributed by atoms with Crippen molar-refractivity contribution in [3.63, 3.8) is 0 Å². The number of hydrogen-bond acceptors (Lipinski definition) is 4. The van der Waals surface area contributed by atoms with Gasteiger partial charge in [-0.1, -0.05) is 36.4 Å². The van der Waals surface area contributed by atoms with Gasteiger partial charge < -0.3 is 16.4 Å². The predicted molar refractivity (Wildman–Crippen MR) is 107 cm³/mol. The number of anilines is 1. The van der Waals surface area contributed by atoms with E-state index in [0.717, 1.165) is 34.6 Å². The van der Waals surface area contributed by atoms with Crippen LogP contribution in [0.3, 0.4) is 0 Å². The summed E-state index contributed by atoms with van der Waals surface area (Å²) in [7, 11) is 0. The molecule has 0 aromatic heterocycles. The molecule has 136 valence electrons. The summed E-state index contributed by atoms with van der Waals surface area (Å²) in [6.07, 6.45) is 0.883. The molecule has 1 saturated heterocycles. The summed E-state index contributed by atoms with van der Waals surface area (Å²) in [4.78, 5) is 24.1. The Morgan fingerprint density at radius 2 is 2.08 bits per heavy atom. The van der Waals surface area contributed by atoms with E-state index in [1.807, 2.05) is 48.5 Å². The first kappa shape index (κ1) is 18.5. The lowest BCUT2D eigenvalue weighted by Crippen LogP contribution is -2.40. The number of carbonyl (C=O) groups excluding carboxylic acids is 2. The Bertz CT molecular complexity index is 809. The molecule has 0 radical (unpaired) electrons. The number of benzene rings is 2. The van der Waals surface area contributed by atoms with Crippen molar-refractivity contribution in [1.82, 2.24) is 5.32 Å². The molecule has 0 aliphatic carbocycles. The quantitative estimate of drug-likeness (QED) is 0.774. The third-order valence-corrected chi connectivity index (χ3v) is 5.65. The van der Waals surface area contributed by atoms with Gasteiger partial charge >= 0.3 is 0 Å². The number of hydrogen-bond donors (Lipinski definition) is 3. The van der Waals surface area contributed by atoms with Crippen molar-refractivity contribution < 1.29 is 9.59 Å². The minimum Gasteiger partial charge on any atom is -0.351 e. The van der Waals surface area contributed by atoms with Crippen LogP contribution in [0, 0.1) is 0 Å². The minimum absolute atomic E-state index is 0.00949. The van der Waals surface area contributed by atoms with Gasteiger partial charge in [0.15, 0.2) is 0 Å².